The summed E-state index contributed by atoms with van der Waals surface area (Å²) in [5.41, 5.74) is 5.67. The molecular formula is C10H11N2O3. The molecule has 1 aromatic heterocycles. The quantitative estimate of drug-likeness (QED) is 0.748. The molecule has 2 rings (SSSR count). The predicted molar refractivity (Wildman–Crippen MR) is 52.1 cm³/mol. The topological polar surface area (TPSA) is 74.4 Å². The molecule has 5 nitrogen and oxygen atoms in total. The highest BCUT2D eigenvalue weighted by atomic mass is 16.6. The number of hydrogen-bond acceptors (Lipinski definition) is 4. The molecule has 79 valence electrons. The second-order valence-corrected chi connectivity index (χ2v) is 3.28. The molecule has 0 bridgehead atoms. The number of ether oxygens (including phenoxy) is 2. The Labute approximate surface area is 87.2 Å². The maximum Gasteiger partial charge on any atom is 0.226 e. The van der Waals surface area contributed by atoms with Gasteiger partial charge in [-0.05, 0) is 11.6 Å². The Hall–Kier alpha value is -1.62. The molecule has 0 spiro atoms. The highest BCUT2D eigenvalue weighted by Crippen LogP contribution is 2.16. The SMILES string of the molecule is NC(=O)[CH]c1cncc(OC2COC2)c1. The fourth-order valence-electron chi connectivity index (χ4n) is 1.22. The Morgan fingerprint density at radius 1 is 1.60 bits per heavy atom. The number of primary amides is 1. The molecule has 15 heavy (non-hydrogen) atoms. The smallest absolute Gasteiger partial charge is 0.226 e. The third kappa shape index (κ3) is 2.66. The van der Waals surface area contributed by atoms with E-state index in [0.29, 0.717) is 24.5 Å². The van der Waals surface area contributed by atoms with Crippen molar-refractivity contribution in [3.8, 4) is 5.75 Å². The molecule has 1 amide bonds. The Morgan fingerprint density at radius 3 is 3.00 bits per heavy atom. The molecule has 2 N–H and O–H groups in total. The van der Waals surface area contributed by atoms with Crippen LogP contribution in [0.2, 0.25) is 0 Å². The summed E-state index contributed by atoms with van der Waals surface area (Å²) in [4.78, 5) is 14.6. The van der Waals surface area contributed by atoms with E-state index in [4.69, 9.17) is 15.2 Å². The summed E-state index contributed by atoms with van der Waals surface area (Å²) in [7, 11) is 0. The number of nitrogens with zero attached hydrogens (tertiary/aromatic N) is 1. The van der Waals surface area contributed by atoms with Crippen molar-refractivity contribution in [1.29, 1.82) is 0 Å². The van der Waals surface area contributed by atoms with Crippen LogP contribution in [0.15, 0.2) is 18.5 Å². The van der Waals surface area contributed by atoms with Crippen molar-refractivity contribution in [2.75, 3.05) is 13.2 Å². The van der Waals surface area contributed by atoms with Crippen molar-refractivity contribution in [2.45, 2.75) is 6.10 Å². The molecule has 1 aromatic rings. The highest BCUT2D eigenvalue weighted by Gasteiger charge is 2.20. The van der Waals surface area contributed by atoms with Gasteiger partial charge in [0.05, 0.1) is 25.8 Å². The van der Waals surface area contributed by atoms with Crippen molar-refractivity contribution < 1.29 is 14.3 Å². The van der Waals surface area contributed by atoms with E-state index in [0.717, 1.165) is 0 Å². The van der Waals surface area contributed by atoms with E-state index in [1.165, 1.54) is 6.42 Å². The number of hydrogen-bond donors (Lipinski definition) is 1. The minimum absolute atomic E-state index is 0.0932. The van der Waals surface area contributed by atoms with Crippen molar-refractivity contribution in [3.63, 3.8) is 0 Å². The van der Waals surface area contributed by atoms with Crippen LogP contribution in [-0.4, -0.2) is 30.2 Å². The molecule has 0 atom stereocenters. The second kappa shape index (κ2) is 4.27. The molecular weight excluding hydrogens is 196 g/mol. The van der Waals surface area contributed by atoms with Gasteiger partial charge in [-0.2, -0.15) is 0 Å². The van der Waals surface area contributed by atoms with Crippen LogP contribution in [0.3, 0.4) is 0 Å². The number of pyridine rings is 1. The highest BCUT2D eigenvalue weighted by molar-refractivity contribution is 5.86. The average molecular weight is 207 g/mol. The van der Waals surface area contributed by atoms with Gasteiger partial charge in [-0.25, -0.2) is 0 Å². The van der Waals surface area contributed by atoms with Gasteiger partial charge >= 0.3 is 0 Å². The standard InChI is InChI=1S/C10H11N2O3/c11-10(13)2-7-1-8(4-12-3-7)15-9-5-14-6-9/h1-4,9H,5-6H2,(H2,11,13). The van der Waals surface area contributed by atoms with Crippen LogP contribution in [0.4, 0.5) is 0 Å². The largest absolute Gasteiger partial charge is 0.484 e. The van der Waals surface area contributed by atoms with E-state index in [1.807, 2.05) is 0 Å². The lowest BCUT2D eigenvalue weighted by molar-refractivity contribution is -0.114. The molecule has 1 aliphatic rings. The Kier molecular flexibility index (Phi) is 2.82. The van der Waals surface area contributed by atoms with E-state index < -0.39 is 5.91 Å². The average Bonchev–Trinajstić information content (AvgIpc) is 2.11. The predicted octanol–water partition coefficient (Wildman–Crippen LogP) is -0.103. The van der Waals surface area contributed by atoms with Gasteiger partial charge in [-0.1, -0.05) is 0 Å². The Bertz CT molecular complexity index is 363. The molecule has 0 aliphatic carbocycles. The minimum Gasteiger partial charge on any atom is -0.484 e. The first-order valence-corrected chi connectivity index (χ1v) is 4.57. The first-order chi connectivity index (χ1) is 7.24. The summed E-state index contributed by atoms with van der Waals surface area (Å²) < 4.78 is 10.5. The van der Waals surface area contributed by atoms with E-state index in [2.05, 4.69) is 4.98 Å². The Morgan fingerprint density at radius 2 is 2.40 bits per heavy atom. The fraction of sp³-hybridized carbons (Fsp3) is 0.300. The minimum atomic E-state index is -0.499. The zero-order chi connectivity index (χ0) is 10.7. The molecule has 0 unspecified atom stereocenters. The molecule has 5 heteroatoms. The van der Waals surface area contributed by atoms with Gasteiger partial charge < -0.3 is 15.2 Å². The lowest BCUT2D eigenvalue weighted by atomic mass is 10.2. The van der Waals surface area contributed by atoms with Crippen molar-refractivity contribution in [3.05, 3.63) is 30.4 Å². The summed E-state index contributed by atoms with van der Waals surface area (Å²) in [5, 5.41) is 0. The van der Waals surface area contributed by atoms with Gasteiger partial charge in [0.1, 0.15) is 11.9 Å². The van der Waals surface area contributed by atoms with Crippen LogP contribution in [0.1, 0.15) is 5.56 Å². The van der Waals surface area contributed by atoms with Crippen LogP contribution in [0.25, 0.3) is 0 Å². The molecule has 1 saturated heterocycles. The third-order valence-electron chi connectivity index (χ3n) is 1.95. The summed E-state index contributed by atoms with van der Waals surface area (Å²) >= 11 is 0. The summed E-state index contributed by atoms with van der Waals surface area (Å²) in [5.74, 6) is 0.124. The van der Waals surface area contributed by atoms with Crippen LogP contribution in [0.5, 0.6) is 5.75 Å². The van der Waals surface area contributed by atoms with E-state index in [1.54, 1.807) is 18.5 Å². The number of nitrogens with two attached hydrogens (primary N) is 1. The lowest BCUT2D eigenvalue weighted by Gasteiger charge is -2.26. The van der Waals surface area contributed by atoms with Gasteiger partial charge in [0.2, 0.25) is 5.91 Å². The van der Waals surface area contributed by atoms with E-state index in [9.17, 15) is 4.79 Å². The monoisotopic (exact) mass is 207 g/mol. The van der Waals surface area contributed by atoms with Crippen molar-refractivity contribution >= 4 is 5.91 Å². The van der Waals surface area contributed by atoms with E-state index in [-0.39, 0.29) is 6.10 Å². The normalized spacial score (nSPS) is 15.7. The van der Waals surface area contributed by atoms with Gasteiger partial charge in [-0.3, -0.25) is 9.78 Å². The summed E-state index contributed by atoms with van der Waals surface area (Å²) in [6.45, 7) is 1.20. The summed E-state index contributed by atoms with van der Waals surface area (Å²) in [6.07, 6.45) is 4.54. The number of amides is 1. The molecule has 1 radical (unpaired) electrons. The van der Waals surface area contributed by atoms with Crippen LogP contribution in [-0.2, 0) is 9.53 Å². The first kappa shape index (κ1) is 9.92. The molecule has 0 saturated carbocycles. The number of rotatable bonds is 4. The van der Waals surface area contributed by atoms with Crippen molar-refractivity contribution in [2.24, 2.45) is 5.73 Å². The number of aromatic nitrogens is 1. The fourth-order valence-corrected chi connectivity index (χ4v) is 1.22. The molecule has 1 fully saturated rings. The van der Waals surface area contributed by atoms with Crippen LogP contribution in [0, 0.1) is 6.42 Å². The number of carbonyl (C=O) groups is 1. The van der Waals surface area contributed by atoms with Crippen molar-refractivity contribution in [1.82, 2.24) is 4.98 Å². The zero-order valence-corrected chi connectivity index (χ0v) is 8.05. The van der Waals surface area contributed by atoms with Gasteiger partial charge in [0.15, 0.2) is 0 Å². The lowest BCUT2D eigenvalue weighted by Crippen LogP contribution is -2.38. The van der Waals surface area contributed by atoms with E-state index >= 15 is 0 Å². The third-order valence-corrected chi connectivity index (χ3v) is 1.95. The second-order valence-electron chi connectivity index (χ2n) is 3.28. The first-order valence-electron chi connectivity index (χ1n) is 4.57. The maximum absolute atomic E-state index is 10.6. The molecule has 1 aliphatic heterocycles. The Balaban J connectivity index is 2.00. The van der Waals surface area contributed by atoms with Gasteiger partial charge in [-0.15, -0.1) is 0 Å². The molecule has 2 heterocycles. The molecule has 0 aromatic carbocycles. The zero-order valence-electron chi connectivity index (χ0n) is 8.05. The van der Waals surface area contributed by atoms with Gasteiger partial charge in [0, 0.05) is 6.20 Å². The summed E-state index contributed by atoms with van der Waals surface area (Å²) in [6, 6.07) is 1.72. The van der Waals surface area contributed by atoms with Crippen LogP contribution < -0.4 is 10.5 Å². The maximum atomic E-state index is 10.6. The van der Waals surface area contributed by atoms with Gasteiger partial charge in [0.25, 0.3) is 0 Å². The van der Waals surface area contributed by atoms with Crippen LogP contribution >= 0.6 is 0 Å². The number of carbonyl (C=O) groups excluding carboxylic acids is 1.